The molecule has 1 aliphatic carbocycles. The monoisotopic (exact) mass is 274 g/mol. The molecule has 1 saturated carbocycles. The van der Waals surface area contributed by atoms with Gasteiger partial charge in [0.25, 0.3) is 0 Å². The first-order valence-electron chi connectivity index (χ1n) is 8.16. The average Bonchev–Trinajstić information content (AvgIpc) is 2.89. The van der Waals surface area contributed by atoms with E-state index in [2.05, 4.69) is 50.5 Å². The standard InChI is InChI=1S/C18H30N2/c1-4-18(10-5-6-11-18)17(20-19)16-9-7-8-15(13-16)12-14(2)3/h7-9,13-14,17,20H,4-6,10-12,19H2,1-3H3. The largest absolute Gasteiger partial charge is 0.271 e. The zero-order valence-electron chi connectivity index (χ0n) is 13.3. The molecule has 3 N–H and O–H groups in total. The summed E-state index contributed by atoms with van der Waals surface area (Å²) in [7, 11) is 0. The van der Waals surface area contributed by atoms with E-state index in [1.165, 1.54) is 43.2 Å². The maximum absolute atomic E-state index is 5.95. The molecule has 2 nitrogen and oxygen atoms in total. The van der Waals surface area contributed by atoms with Gasteiger partial charge in [0, 0.05) is 0 Å². The number of hydrogen-bond donors (Lipinski definition) is 2. The maximum atomic E-state index is 5.95. The molecule has 2 heteroatoms. The van der Waals surface area contributed by atoms with Gasteiger partial charge in [-0.2, -0.15) is 0 Å². The van der Waals surface area contributed by atoms with Gasteiger partial charge in [-0.05, 0) is 48.1 Å². The molecule has 112 valence electrons. The van der Waals surface area contributed by atoms with Crippen LogP contribution < -0.4 is 11.3 Å². The zero-order chi connectivity index (χ0) is 14.6. The van der Waals surface area contributed by atoms with Gasteiger partial charge in [-0.3, -0.25) is 11.3 Å². The van der Waals surface area contributed by atoms with E-state index in [1.807, 2.05) is 0 Å². The van der Waals surface area contributed by atoms with E-state index in [4.69, 9.17) is 5.84 Å². The van der Waals surface area contributed by atoms with E-state index in [-0.39, 0.29) is 0 Å². The van der Waals surface area contributed by atoms with E-state index in [0.717, 1.165) is 6.42 Å². The van der Waals surface area contributed by atoms with E-state index >= 15 is 0 Å². The summed E-state index contributed by atoms with van der Waals surface area (Å²) in [6.07, 6.45) is 7.63. The summed E-state index contributed by atoms with van der Waals surface area (Å²) in [6, 6.07) is 9.33. The summed E-state index contributed by atoms with van der Waals surface area (Å²) < 4.78 is 0. The van der Waals surface area contributed by atoms with Crippen molar-refractivity contribution in [2.75, 3.05) is 0 Å². The summed E-state index contributed by atoms with van der Waals surface area (Å²) in [5.74, 6) is 6.64. The minimum atomic E-state index is 0.294. The summed E-state index contributed by atoms with van der Waals surface area (Å²) >= 11 is 0. The fourth-order valence-corrected chi connectivity index (χ4v) is 3.92. The van der Waals surface area contributed by atoms with Crippen LogP contribution in [-0.4, -0.2) is 0 Å². The lowest BCUT2D eigenvalue weighted by Crippen LogP contribution is -2.40. The van der Waals surface area contributed by atoms with Crippen molar-refractivity contribution in [3.8, 4) is 0 Å². The van der Waals surface area contributed by atoms with Crippen molar-refractivity contribution in [3.63, 3.8) is 0 Å². The van der Waals surface area contributed by atoms with E-state index in [0.29, 0.717) is 17.4 Å². The Balaban J connectivity index is 2.27. The Bertz CT molecular complexity index is 419. The van der Waals surface area contributed by atoms with Crippen molar-refractivity contribution in [2.24, 2.45) is 17.2 Å². The molecule has 0 bridgehead atoms. The van der Waals surface area contributed by atoms with Gasteiger partial charge in [-0.15, -0.1) is 0 Å². The molecule has 1 aromatic rings. The molecule has 1 unspecified atom stereocenters. The van der Waals surface area contributed by atoms with Crippen LogP contribution in [0.5, 0.6) is 0 Å². The summed E-state index contributed by atoms with van der Waals surface area (Å²) in [6.45, 7) is 6.86. The van der Waals surface area contributed by atoms with Gasteiger partial charge in [0.05, 0.1) is 6.04 Å². The third-order valence-electron chi connectivity index (χ3n) is 5.01. The first-order chi connectivity index (χ1) is 9.61. The lowest BCUT2D eigenvalue weighted by atomic mass is 9.73. The van der Waals surface area contributed by atoms with Crippen molar-refractivity contribution in [1.82, 2.24) is 5.43 Å². The first-order valence-corrected chi connectivity index (χ1v) is 8.16. The van der Waals surface area contributed by atoms with Crippen LogP contribution >= 0.6 is 0 Å². The number of rotatable bonds is 6. The highest BCUT2D eigenvalue weighted by Gasteiger charge is 2.40. The van der Waals surface area contributed by atoms with Crippen LogP contribution in [0.15, 0.2) is 24.3 Å². The molecule has 1 aromatic carbocycles. The molecule has 0 spiro atoms. The number of nitrogens with two attached hydrogens (primary N) is 1. The summed E-state index contributed by atoms with van der Waals surface area (Å²) in [5, 5.41) is 0. The Morgan fingerprint density at radius 3 is 2.50 bits per heavy atom. The van der Waals surface area contributed by atoms with E-state index < -0.39 is 0 Å². The van der Waals surface area contributed by atoms with Gasteiger partial charge in [0.2, 0.25) is 0 Å². The molecule has 1 atom stereocenters. The van der Waals surface area contributed by atoms with Gasteiger partial charge in [-0.25, -0.2) is 0 Å². The number of hydrazine groups is 1. The predicted molar refractivity (Wildman–Crippen MR) is 86.2 cm³/mol. The van der Waals surface area contributed by atoms with Crippen LogP contribution in [0.1, 0.15) is 70.0 Å². The van der Waals surface area contributed by atoms with Gasteiger partial charge in [-0.1, -0.05) is 57.9 Å². The second kappa shape index (κ2) is 6.73. The van der Waals surface area contributed by atoms with Crippen molar-refractivity contribution in [3.05, 3.63) is 35.4 Å². The van der Waals surface area contributed by atoms with Crippen LogP contribution in [0.25, 0.3) is 0 Å². The third kappa shape index (κ3) is 3.24. The molecule has 2 rings (SSSR count). The molecular formula is C18H30N2. The Hall–Kier alpha value is -0.860. The molecule has 1 fully saturated rings. The van der Waals surface area contributed by atoms with Crippen molar-refractivity contribution < 1.29 is 0 Å². The highest BCUT2D eigenvalue weighted by Crippen LogP contribution is 2.49. The van der Waals surface area contributed by atoms with E-state index in [9.17, 15) is 0 Å². The quantitative estimate of drug-likeness (QED) is 0.597. The normalized spacial score (nSPS) is 19.4. The fourth-order valence-electron chi connectivity index (χ4n) is 3.92. The molecule has 0 radical (unpaired) electrons. The van der Waals surface area contributed by atoms with Crippen molar-refractivity contribution in [2.45, 2.75) is 65.3 Å². The number of benzene rings is 1. The van der Waals surface area contributed by atoms with Crippen LogP contribution in [0.3, 0.4) is 0 Å². The van der Waals surface area contributed by atoms with Gasteiger partial charge < -0.3 is 0 Å². The highest BCUT2D eigenvalue weighted by atomic mass is 15.2. The molecule has 0 aromatic heterocycles. The van der Waals surface area contributed by atoms with Crippen LogP contribution in [0.4, 0.5) is 0 Å². The minimum absolute atomic E-state index is 0.294. The second-order valence-electron chi connectivity index (χ2n) is 6.87. The van der Waals surface area contributed by atoms with Crippen LogP contribution in [0, 0.1) is 11.3 Å². The maximum Gasteiger partial charge on any atom is 0.0516 e. The van der Waals surface area contributed by atoms with Crippen LogP contribution in [-0.2, 0) is 6.42 Å². The summed E-state index contributed by atoms with van der Waals surface area (Å²) in [4.78, 5) is 0. The van der Waals surface area contributed by atoms with E-state index in [1.54, 1.807) is 0 Å². The summed E-state index contributed by atoms with van der Waals surface area (Å²) in [5.41, 5.74) is 6.29. The number of nitrogens with one attached hydrogen (secondary N) is 1. The lowest BCUT2D eigenvalue weighted by Gasteiger charge is -2.37. The Morgan fingerprint density at radius 1 is 1.25 bits per heavy atom. The first kappa shape index (κ1) is 15.5. The molecule has 0 aliphatic heterocycles. The molecule has 20 heavy (non-hydrogen) atoms. The van der Waals surface area contributed by atoms with Gasteiger partial charge in [0.15, 0.2) is 0 Å². The molecule has 1 aliphatic rings. The second-order valence-corrected chi connectivity index (χ2v) is 6.87. The predicted octanol–water partition coefficient (Wildman–Crippen LogP) is 4.36. The minimum Gasteiger partial charge on any atom is -0.271 e. The third-order valence-corrected chi connectivity index (χ3v) is 5.01. The van der Waals surface area contributed by atoms with Crippen LogP contribution in [0.2, 0.25) is 0 Å². The zero-order valence-corrected chi connectivity index (χ0v) is 13.3. The molecular weight excluding hydrogens is 244 g/mol. The van der Waals surface area contributed by atoms with Crippen molar-refractivity contribution in [1.29, 1.82) is 0 Å². The average molecular weight is 274 g/mol. The molecule has 0 amide bonds. The Morgan fingerprint density at radius 2 is 1.95 bits per heavy atom. The van der Waals surface area contributed by atoms with Gasteiger partial charge in [0.1, 0.15) is 0 Å². The fraction of sp³-hybridized carbons (Fsp3) is 0.667. The SMILES string of the molecule is CCC1(C(NN)c2cccc(CC(C)C)c2)CCCC1. The molecule has 0 heterocycles. The van der Waals surface area contributed by atoms with Crippen molar-refractivity contribution >= 4 is 0 Å². The lowest BCUT2D eigenvalue weighted by molar-refractivity contribution is 0.188. The van der Waals surface area contributed by atoms with Gasteiger partial charge >= 0.3 is 0 Å². The topological polar surface area (TPSA) is 38.0 Å². The highest BCUT2D eigenvalue weighted by molar-refractivity contribution is 5.28. The number of hydrogen-bond acceptors (Lipinski definition) is 2. The Labute approximate surface area is 124 Å². The molecule has 0 saturated heterocycles. The Kier molecular flexibility index (Phi) is 5.22. The smallest absolute Gasteiger partial charge is 0.0516 e.